The summed E-state index contributed by atoms with van der Waals surface area (Å²) in [5.74, 6) is 0.388. The lowest BCUT2D eigenvalue weighted by molar-refractivity contribution is -0.144. The SMILES string of the molecule is CC1(C(=O)N2CCC3(CC2)C[C@H](c2ccccc2)C(=O)N3)CCNCC1. The Balaban J connectivity index is 1.40. The van der Waals surface area contributed by atoms with Crippen LogP contribution in [0.4, 0.5) is 0 Å². The first-order valence-electron chi connectivity index (χ1n) is 9.89. The van der Waals surface area contributed by atoms with Crippen LogP contribution >= 0.6 is 0 Å². The molecule has 0 radical (unpaired) electrons. The van der Waals surface area contributed by atoms with Gasteiger partial charge in [0.1, 0.15) is 0 Å². The van der Waals surface area contributed by atoms with Crippen LogP contribution < -0.4 is 10.6 Å². The van der Waals surface area contributed by atoms with Gasteiger partial charge >= 0.3 is 0 Å². The second kappa shape index (κ2) is 6.69. The maximum Gasteiger partial charge on any atom is 0.228 e. The minimum atomic E-state index is -0.221. The lowest BCUT2D eigenvalue weighted by atomic mass is 9.77. The summed E-state index contributed by atoms with van der Waals surface area (Å²) < 4.78 is 0. The molecule has 0 bridgehead atoms. The van der Waals surface area contributed by atoms with Gasteiger partial charge in [0.25, 0.3) is 0 Å². The summed E-state index contributed by atoms with van der Waals surface area (Å²) in [4.78, 5) is 27.6. The van der Waals surface area contributed by atoms with Gasteiger partial charge in [0.05, 0.1) is 5.92 Å². The molecule has 3 aliphatic rings. The fourth-order valence-electron chi connectivity index (χ4n) is 4.88. The van der Waals surface area contributed by atoms with Crippen molar-refractivity contribution in [1.82, 2.24) is 15.5 Å². The van der Waals surface area contributed by atoms with Gasteiger partial charge in [-0.25, -0.2) is 0 Å². The Hall–Kier alpha value is -1.88. The van der Waals surface area contributed by atoms with Crippen molar-refractivity contribution in [2.24, 2.45) is 5.41 Å². The summed E-state index contributed by atoms with van der Waals surface area (Å²) in [6.07, 6.45) is 4.41. The van der Waals surface area contributed by atoms with Crippen molar-refractivity contribution in [3.8, 4) is 0 Å². The summed E-state index contributed by atoms with van der Waals surface area (Å²) in [6, 6.07) is 10.1. The number of amides is 2. The highest BCUT2D eigenvalue weighted by molar-refractivity contribution is 5.87. The van der Waals surface area contributed by atoms with Gasteiger partial charge in [-0.3, -0.25) is 9.59 Å². The van der Waals surface area contributed by atoms with E-state index in [1.165, 1.54) is 0 Å². The third kappa shape index (κ3) is 3.13. The van der Waals surface area contributed by atoms with Gasteiger partial charge < -0.3 is 15.5 Å². The molecule has 1 atom stereocenters. The summed E-state index contributed by atoms with van der Waals surface area (Å²) in [5, 5.41) is 6.62. The molecule has 2 N–H and O–H groups in total. The molecule has 5 nitrogen and oxygen atoms in total. The average Bonchev–Trinajstić information content (AvgIpc) is 2.99. The van der Waals surface area contributed by atoms with Crippen LogP contribution in [0.2, 0.25) is 0 Å². The van der Waals surface area contributed by atoms with Crippen LogP contribution in [0.15, 0.2) is 30.3 Å². The van der Waals surface area contributed by atoms with Crippen molar-refractivity contribution in [1.29, 1.82) is 0 Å². The summed E-state index contributed by atoms with van der Waals surface area (Å²) in [7, 11) is 0. The van der Waals surface area contributed by atoms with Crippen LogP contribution in [-0.4, -0.2) is 48.4 Å². The van der Waals surface area contributed by atoms with Gasteiger partial charge in [-0.05, 0) is 50.8 Å². The molecule has 2 amide bonds. The minimum Gasteiger partial charge on any atom is -0.350 e. The summed E-state index contributed by atoms with van der Waals surface area (Å²) >= 11 is 0. The molecular weight excluding hydrogens is 326 g/mol. The van der Waals surface area contributed by atoms with E-state index < -0.39 is 0 Å². The number of piperidine rings is 2. The third-order valence-corrected chi connectivity index (χ3v) is 6.73. The Bertz CT molecular complexity index is 674. The van der Waals surface area contributed by atoms with E-state index in [9.17, 15) is 9.59 Å². The highest BCUT2D eigenvalue weighted by Crippen LogP contribution is 2.40. The standard InChI is InChI=1S/C21H29N3O2/c1-20(7-11-22-12-8-20)19(26)24-13-9-21(10-14-24)15-17(18(25)23-21)16-5-3-2-4-6-16/h2-6,17,22H,7-15H2,1H3,(H,23,25)/t17-/m1/s1. The number of carbonyl (C=O) groups is 2. The van der Waals surface area contributed by atoms with E-state index in [4.69, 9.17) is 0 Å². The Morgan fingerprint density at radius 2 is 1.73 bits per heavy atom. The summed E-state index contributed by atoms with van der Waals surface area (Å²) in [5.41, 5.74) is 0.743. The molecule has 0 unspecified atom stereocenters. The molecule has 3 saturated heterocycles. The maximum atomic E-state index is 13.0. The van der Waals surface area contributed by atoms with E-state index in [-0.39, 0.29) is 22.8 Å². The van der Waals surface area contributed by atoms with Crippen LogP contribution in [0.5, 0.6) is 0 Å². The van der Waals surface area contributed by atoms with Gasteiger partial charge in [0.2, 0.25) is 11.8 Å². The van der Waals surface area contributed by atoms with E-state index in [1.54, 1.807) is 0 Å². The first-order valence-corrected chi connectivity index (χ1v) is 9.89. The lowest BCUT2D eigenvalue weighted by Gasteiger charge is -2.43. The first-order chi connectivity index (χ1) is 12.5. The molecule has 1 spiro atoms. The van der Waals surface area contributed by atoms with E-state index >= 15 is 0 Å². The zero-order valence-electron chi connectivity index (χ0n) is 15.6. The second-order valence-corrected chi connectivity index (χ2v) is 8.54. The monoisotopic (exact) mass is 355 g/mol. The van der Waals surface area contributed by atoms with Crippen LogP contribution in [0.25, 0.3) is 0 Å². The van der Waals surface area contributed by atoms with E-state index in [0.717, 1.165) is 63.8 Å². The number of hydrogen-bond acceptors (Lipinski definition) is 3. The Labute approximate surface area is 155 Å². The molecule has 1 aromatic carbocycles. The van der Waals surface area contributed by atoms with Crippen molar-refractivity contribution < 1.29 is 9.59 Å². The highest BCUT2D eigenvalue weighted by Gasteiger charge is 2.48. The number of rotatable bonds is 2. The van der Waals surface area contributed by atoms with E-state index in [0.29, 0.717) is 5.91 Å². The van der Waals surface area contributed by atoms with E-state index in [2.05, 4.69) is 17.6 Å². The fraction of sp³-hybridized carbons (Fsp3) is 0.619. The molecule has 3 aliphatic heterocycles. The topological polar surface area (TPSA) is 61.4 Å². The zero-order valence-corrected chi connectivity index (χ0v) is 15.6. The van der Waals surface area contributed by atoms with E-state index in [1.807, 2.05) is 35.2 Å². The minimum absolute atomic E-state index is 0.0552. The predicted molar refractivity (Wildman–Crippen MR) is 101 cm³/mol. The first kappa shape index (κ1) is 17.5. The summed E-state index contributed by atoms with van der Waals surface area (Å²) in [6.45, 7) is 5.47. The Morgan fingerprint density at radius 3 is 2.38 bits per heavy atom. The van der Waals surface area contributed by atoms with Gasteiger partial charge in [0, 0.05) is 24.0 Å². The van der Waals surface area contributed by atoms with Crippen LogP contribution in [0, 0.1) is 5.41 Å². The van der Waals surface area contributed by atoms with Gasteiger partial charge in [0.15, 0.2) is 0 Å². The van der Waals surface area contributed by atoms with Gasteiger partial charge in [-0.15, -0.1) is 0 Å². The molecule has 3 heterocycles. The largest absolute Gasteiger partial charge is 0.350 e. The Kier molecular flexibility index (Phi) is 4.51. The predicted octanol–water partition coefficient (Wildman–Crippen LogP) is 2.04. The molecule has 0 saturated carbocycles. The number of nitrogens with one attached hydrogen (secondary N) is 2. The molecule has 0 aliphatic carbocycles. The molecule has 140 valence electrons. The fourth-order valence-corrected chi connectivity index (χ4v) is 4.88. The van der Waals surface area contributed by atoms with Crippen molar-refractivity contribution in [3.63, 3.8) is 0 Å². The molecule has 0 aromatic heterocycles. The van der Waals surface area contributed by atoms with Crippen molar-refractivity contribution in [2.75, 3.05) is 26.2 Å². The molecule has 26 heavy (non-hydrogen) atoms. The molecule has 3 fully saturated rings. The zero-order chi connectivity index (χ0) is 18.2. The van der Waals surface area contributed by atoms with Crippen LogP contribution in [0.1, 0.15) is 50.5 Å². The number of nitrogens with zero attached hydrogens (tertiary/aromatic N) is 1. The highest BCUT2D eigenvalue weighted by atomic mass is 16.2. The Morgan fingerprint density at radius 1 is 1.08 bits per heavy atom. The van der Waals surface area contributed by atoms with Gasteiger partial charge in [-0.2, -0.15) is 0 Å². The molecule has 1 aromatic rings. The molecular formula is C21H29N3O2. The lowest BCUT2D eigenvalue weighted by Crippen LogP contribution is -2.55. The van der Waals surface area contributed by atoms with Crippen molar-refractivity contribution >= 4 is 11.8 Å². The van der Waals surface area contributed by atoms with Crippen molar-refractivity contribution in [3.05, 3.63) is 35.9 Å². The normalized spacial score (nSPS) is 27.3. The smallest absolute Gasteiger partial charge is 0.228 e. The quantitative estimate of drug-likeness (QED) is 0.853. The molecule has 4 rings (SSSR count). The molecule has 5 heteroatoms. The number of likely N-dealkylation sites (tertiary alicyclic amines) is 1. The number of carbonyl (C=O) groups excluding carboxylic acids is 2. The maximum absolute atomic E-state index is 13.0. The average molecular weight is 355 g/mol. The van der Waals surface area contributed by atoms with Crippen LogP contribution in [-0.2, 0) is 9.59 Å². The number of hydrogen-bond donors (Lipinski definition) is 2. The van der Waals surface area contributed by atoms with Crippen LogP contribution in [0.3, 0.4) is 0 Å². The second-order valence-electron chi connectivity index (χ2n) is 8.54. The third-order valence-electron chi connectivity index (χ3n) is 6.73. The van der Waals surface area contributed by atoms with Gasteiger partial charge in [-0.1, -0.05) is 37.3 Å². The van der Waals surface area contributed by atoms with Crippen molar-refractivity contribution in [2.45, 2.75) is 50.5 Å². The number of benzene rings is 1.